The van der Waals surface area contributed by atoms with E-state index in [0.29, 0.717) is 0 Å². The van der Waals surface area contributed by atoms with Gasteiger partial charge >= 0.3 is 0 Å². The molecule has 0 aliphatic heterocycles. The molecule has 4 nitrogen and oxygen atoms in total. The predicted octanol–water partition coefficient (Wildman–Crippen LogP) is 1.48. The molecule has 0 saturated heterocycles. The summed E-state index contributed by atoms with van der Waals surface area (Å²) in [6, 6.07) is 7.35. The minimum atomic E-state index is -0.154. The number of nitrogens with two attached hydrogens (primary N) is 1. The molecule has 1 aromatic rings. The van der Waals surface area contributed by atoms with E-state index in [1.807, 2.05) is 31.2 Å². The number of carbonyl (C=O) groups excluding carboxylic acids is 1. The van der Waals surface area contributed by atoms with Gasteiger partial charge in [0.25, 0.3) is 0 Å². The van der Waals surface area contributed by atoms with Gasteiger partial charge in [0.2, 0.25) is 5.91 Å². The van der Waals surface area contributed by atoms with Gasteiger partial charge in [-0.2, -0.15) is 0 Å². The first-order valence-electron chi connectivity index (χ1n) is 4.74. The van der Waals surface area contributed by atoms with Crippen molar-refractivity contribution in [1.82, 2.24) is 5.01 Å². The van der Waals surface area contributed by atoms with Crippen molar-refractivity contribution in [2.75, 3.05) is 7.11 Å². The van der Waals surface area contributed by atoms with Crippen molar-refractivity contribution in [2.45, 2.75) is 19.9 Å². The van der Waals surface area contributed by atoms with Crippen molar-refractivity contribution in [3.63, 3.8) is 0 Å². The fraction of sp³-hybridized carbons (Fsp3) is 0.364. The van der Waals surface area contributed by atoms with Crippen LogP contribution in [0.15, 0.2) is 24.3 Å². The molecule has 15 heavy (non-hydrogen) atoms. The van der Waals surface area contributed by atoms with Gasteiger partial charge < -0.3 is 4.74 Å². The molecule has 4 heteroatoms. The average Bonchev–Trinajstić information content (AvgIpc) is 2.27. The maximum absolute atomic E-state index is 11.1. The SMILES string of the molecule is COc1ccc(C(C)N(N)C(C)=O)cc1. The first-order chi connectivity index (χ1) is 7.06. The lowest BCUT2D eigenvalue weighted by Crippen LogP contribution is -2.37. The number of carbonyl (C=O) groups is 1. The maximum atomic E-state index is 11.1. The van der Waals surface area contributed by atoms with Crippen LogP contribution < -0.4 is 10.6 Å². The third-order valence-electron chi connectivity index (χ3n) is 2.38. The molecule has 1 rings (SSSR count). The molecule has 0 heterocycles. The third-order valence-corrected chi connectivity index (χ3v) is 2.38. The van der Waals surface area contributed by atoms with Crippen molar-refractivity contribution < 1.29 is 9.53 Å². The molecule has 0 aliphatic carbocycles. The lowest BCUT2D eigenvalue weighted by Gasteiger charge is -2.23. The number of benzene rings is 1. The Morgan fingerprint density at radius 1 is 1.40 bits per heavy atom. The molecular formula is C11H16N2O2. The van der Waals surface area contributed by atoms with Gasteiger partial charge in [0, 0.05) is 6.92 Å². The molecule has 0 bridgehead atoms. The Kier molecular flexibility index (Phi) is 3.68. The van der Waals surface area contributed by atoms with Crippen LogP contribution in [-0.2, 0) is 4.79 Å². The molecule has 82 valence electrons. The van der Waals surface area contributed by atoms with Crippen molar-refractivity contribution >= 4 is 5.91 Å². The van der Waals surface area contributed by atoms with E-state index in [9.17, 15) is 4.79 Å². The normalized spacial score (nSPS) is 12.0. The maximum Gasteiger partial charge on any atom is 0.233 e. The summed E-state index contributed by atoms with van der Waals surface area (Å²) in [5.41, 5.74) is 0.980. The molecule has 0 radical (unpaired) electrons. The number of rotatable bonds is 3. The van der Waals surface area contributed by atoms with Gasteiger partial charge in [-0.3, -0.25) is 9.80 Å². The summed E-state index contributed by atoms with van der Waals surface area (Å²) in [4.78, 5) is 11.1. The molecule has 2 N–H and O–H groups in total. The minimum Gasteiger partial charge on any atom is -0.497 e. The lowest BCUT2D eigenvalue weighted by molar-refractivity contribution is -0.131. The predicted molar refractivity (Wildman–Crippen MR) is 58.1 cm³/mol. The Morgan fingerprint density at radius 3 is 2.33 bits per heavy atom. The van der Waals surface area contributed by atoms with Crippen molar-refractivity contribution in [1.29, 1.82) is 0 Å². The second-order valence-corrected chi connectivity index (χ2v) is 3.38. The van der Waals surface area contributed by atoms with Crippen LogP contribution in [0, 0.1) is 0 Å². The highest BCUT2D eigenvalue weighted by Gasteiger charge is 2.14. The number of nitrogens with zero attached hydrogens (tertiary/aromatic N) is 1. The largest absolute Gasteiger partial charge is 0.497 e. The van der Waals surface area contributed by atoms with E-state index in [0.717, 1.165) is 11.3 Å². The zero-order valence-electron chi connectivity index (χ0n) is 9.23. The Bertz CT molecular complexity index is 335. The Balaban J connectivity index is 2.82. The first-order valence-corrected chi connectivity index (χ1v) is 4.74. The van der Waals surface area contributed by atoms with Crippen LogP contribution in [0.1, 0.15) is 25.5 Å². The molecule has 0 aliphatic rings. The van der Waals surface area contributed by atoms with Gasteiger partial charge in [-0.25, -0.2) is 5.84 Å². The molecule has 1 unspecified atom stereocenters. The second-order valence-electron chi connectivity index (χ2n) is 3.38. The van der Waals surface area contributed by atoms with E-state index in [1.54, 1.807) is 7.11 Å². The van der Waals surface area contributed by atoms with Crippen molar-refractivity contribution in [2.24, 2.45) is 5.84 Å². The summed E-state index contributed by atoms with van der Waals surface area (Å²) < 4.78 is 5.05. The highest BCUT2D eigenvalue weighted by Crippen LogP contribution is 2.20. The van der Waals surface area contributed by atoms with Crippen LogP contribution in [-0.4, -0.2) is 18.0 Å². The number of ether oxygens (including phenoxy) is 1. The Hall–Kier alpha value is -1.55. The first kappa shape index (κ1) is 11.5. The highest BCUT2D eigenvalue weighted by molar-refractivity contribution is 5.73. The van der Waals surface area contributed by atoms with Crippen LogP contribution in [0.5, 0.6) is 5.75 Å². The van der Waals surface area contributed by atoms with E-state index >= 15 is 0 Å². The molecule has 1 atom stereocenters. The monoisotopic (exact) mass is 208 g/mol. The minimum absolute atomic E-state index is 0.131. The van der Waals surface area contributed by atoms with E-state index in [2.05, 4.69) is 0 Å². The summed E-state index contributed by atoms with van der Waals surface area (Å²) in [6.45, 7) is 3.32. The molecule has 1 amide bonds. The summed E-state index contributed by atoms with van der Waals surface area (Å²) in [7, 11) is 1.61. The smallest absolute Gasteiger partial charge is 0.233 e. The van der Waals surface area contributed by atoms with Gasteiger partial charge in [-0.15, -0.1) is 0 Å². The van der Waals surface area contributed by atoms with E-state index < -0.39 is 0 Å². The average molecular weight is 208 g/mol. The topological polar surface area (TPSA) is 55.6 Å². The van der Waals surface area contributed by atoms with Gasteiger partial charge in [0.1, 0.15) is 5.75 Å². The molecule has 1 aromatic carbocycles. The number of amides is 1. The van der Waals surface area contributed by atoms with E-state index in [1.165, 1.54) is 11.9 Å². The van der Waals surface area contributed by atoms with Crippen molar-refractivity contribution in [3.05, 3.63) is 29.8 Å². The number of hydrogen-bond acceptors (Lipinski definition) is 3. The molecule has 0 fully saturated rings. The number of hydrazine groups is 1. The van der Waals surface area contributed by atoms with Crippen LogP contribution in [0.3, 0.4) is 0 Å². The van der Waals surface area contributed by atoms with Crippen LogP contribution in [0.25, 0.3) is 0 Å². The van der Waals surface area contributed by atoms with Gasteiger partial charge in [-0.05, 0) is 24.6 Å². The molecular weight excluding hydrogens is 192 g/mol. The van der Waals surface area contributed by atoms with Crippen LogP contribution in [0.4, 0.5) is 0 Å². The Labute approximate surface area is 89.6 Å². The fourth-order valence-corrected chi connectivity index (χ4v) is 1.32. The quantitative estimate of drug-likeness (QED) is 0.465. The molecule has 0 saturated carbocycles. The summed E-state index contributed by atoms with van der Waals surface area (Å²) in [5.74, 6) is 6.25. The number of methoxy groups -OCH3 is 1. The zero-order valence-corrected chi connectivity index (χ0v) is 9.23. The highest BCUT2D eigenvalue weighted by atomic mass is 16.5. The number of hydrogen-bond donors (Lipinski definition) is 1. The van der Waals surface area contributed by atoms with Crippen LogP contribution in [0.2, 0.25) is 0 Å². The molecule has 0 spiro atoms. The summed E-state index contributed by atoms with van der Waals surface area (Å²) in [5, 5.41) is 1.21. The van der Waals surface area contributed by atoms with Gasteiger partial charge in [0.05, 0.1) is 13.2 Å². The van der Waals surface area contributed by atoms with Crippen LogP contribution >= 0.6 is 0 Å². The standard InChI is InChI=1S/C11H16N2O2/c1-8(13(12)9(2)14)10-4-6-11(15-3)7-5-10/h4-8H,12H2,1-3H3. The Morgan fingerprint density at radius 2 is 1.93 bits per heavy atom. The molecule has 0 aromatic heterocycles. The zero-order chi connectivity index (χ0) is 11.4. The summed E-state index contributed by atoms with van der Waals surface area (Å²) in [6.07, 6.45) is 0. The van der Waals surface area contributed by atoms with E-state index in [-0.39, 0.29) is 11.9 Å². The third kappa shape index (κ3) is 2.70. The second kappa shape index (κ2) is 4.79. The lowest BCUT2D eigenvalue weighted by atomic mass is 10.1. The van der Waals surface area contributed by atoms with Gasteiger partial charge in [-0.1, -0.05) is 12.1 Å². The summed E-state index contributed by atoms with van der Waals surface area (Å²) >= 11 is 0. The fourth-order valence-electron chi connectivity index (χ4n) is 1.32. The van der Waals surface area contributed by atoms with Crippen molar-refractivity contribution in [3.8, 4) is 5.75 Å². The van der Waals surface area contributed by atoms with Gasteiger partial charge in [0.15, 0.2) is 0 Å². The van der Waals surface area contributed by atoms with E-state index in [4.69, 9.17) is 10.6 Å².